The average molecular weight is 273 g/mol. The molecule has 4 rings (SSSR count). The molecule has 1 aromatic rings. The number of hydrogen-bond acceptors (Lipinski definition) is 5. The molecule has 108 valence electrons. The first-order valence-electron chi connectivity index (χ1n) is 7.90. The third-order valence-electron chi connectivity index (χ3n) is 4.60. The molecule has 2 heterocycles. The highest BCUT2D eigenvalue weighted by Crippen LogP contribution is 2.39. The Balaban J connectivity index is 1.42. The molecular weight excluding hydrogens is 250 g/mol. The van der Waals surface area contributed by atoms with E-state index < -0.39 is 0 Å². The molecule has 0 spiro atoms. The fourth-order valence-electron chi connectivity index (χ4n) is 2.98. The molecule has 1 saturated heterocycles. The Bertz CT molecular complexity index is 487. The molecule has 3 aliphatic rings. The monoisotopic (exact) mass is 273 g/mol. The zero-order valence-corrected chi connectivity index (χ0v) is 12.0. The van der Waals surface area contributed by atoms with E-state index in [0.717, 1.165) is 43.7 Å². The van der Waals surface area contributed by atoms with Crippen molar-refractivity contribution in [3.05, 3.63) is 11.9 Å². The van der Waals surface area contributed by atoms with E-state index in [4.69, 9.17) is 10.7 Å². The molecule has 2 N–H and O–H groups in total. The average Bonchev–Trinajstić information content (AvgIpc) is 3.33. The summed E-state index contributed by atoms with van der Waals surface area (Å²) in [5.41, 5.74) is 5.94. The fourth-order valence-corrected chi connectivity index (χ4v) is 2.98. The molecular formula is C15H23N5. The van der Waals surface area contributed by atoms with Gasteiger partial charge in [-0.25, -0.2) is 9.97 Å². The van der Waals surface area contributed by atoms with Crippen LogP contribution in [0, 0.1) is 5.92 Å². The molecule has 0 bridgehead atoms. The predicted octanol–water partition coefficient (Wildman–Crippen LogP) is 1.47. The second-order valence-corrected chi connectivity index (χ2v) is 6.51. The highest BCUT2D eigenvalue weighted by Gasteiger charge is 2.29. The summed E-state index contributed by atoms with van der Waals surface area (Å²) in [6, 6.07) is 1.93. The highest BCUT2D eigenvalue weighted by atomic mass is 15.3. The lowest BCUT2D eigenvalue weighted by atomic mass is 10.2. The summed E-state index contributed by atoms with van der Waals surface area (Å²) >= 11 is 0. The largest absolute Gasteiger partial charge is 0.384 e. The van der Waals surface area contributed by atoms with Gasteiger partial charge in [-0.1, -0.05) is 0 Å². The van der Waals surface area contributed by atoms with Crippen LogP contribution in [0.4, 0.5) is 11.6 Å². The van der Waals surface area contributed by atoms with E-state index in [0.29, 0.717) is 11.7 Å². The van der Waals surface area contributed by atoms with Gasteiger partial charge >= 0.3 is 0 Å². The van der Waals surface area contributed by atoms with Crippen molar-refractivity contribution in [3.8, 4) is 0 Å². The summed E-state index contributed by atoms with van der Waals surface area (Å²) in [4.78, 5) is 14.1. The summed E-state index contributed by atoms with van der Waals surface area (Å²) in [5.74, 6) is 4.16. The molecule has 3 fully saturated rings. The van der Waals surface area contributed by atoms with Crippen LogP contribution in [0.3, 0.4) is 0 Å². The van der Waals surface area contributed by atoms with Gasteiger partial charge in [-0.05, 0) is 31.6 Å². The molecule has 0 atom stereocenters. The van der Waals surface area contributed by atoms with Crippen molar-refractivity contribution in [2.75, 3.05) is 43.4 Å². The normalized spacial score (nSPS) is 24.1. The maximum absolute atomic E-state index is 5.94. The van der Waals surface area contributed by atoms with Crippen LogP contribution in [0.2, 0.25) is 0 Å². The Kier molecular flexibility index (Phi) is 3.02. The van der Waals surface area contributed by atoms with Crippen LogP contribution in [0.15, 0.2) is 6.07 Å². The third-order valence-corrected chi connectivity index (χ3v) is 4.60. The van der Waals surface area contributed by atoms with Gasteiger partial charge in [0.2, 0.25) is 0 Å². The quantitative estimate of drug-likeness (QED) is 0.900. The van der Waals surface area contributed by atoms with Crippen molar-refractivity contribution in [2.24, 2.45) is 5.92 Å². The van der Waals surface area contributed by atoms with Crippen molar-refractivity contribution in [2.45, 2.75) is 31.6 Å². The Labute approximate surface area is 120 Å². The molecule has 0 aromatic carbocycles. The Hall–Kier alpha value is -1.36. The number of piperazine rings is 1. The number of hydrogen-bond donors (Lipinski definition) is 1. The van der Waals surface area contributed by atoms with E-state index in [1.165, 1.54) is 32.2 Å². The molecule has 20 heavy (non-hydrogen) atoms. The lowest BCUT2D eigenvalue weighted by Gasteiger charge is -2.35. The van der Waals surface area contributed by atoms with Gasteiger partial charge in [0.25, 0.3) is 0 Å². The van der Waals surface area contributed by atoms with Crippen LogP contribution in [-0.4, -0.2) is 47.6 Å². The van der Waals surface area contributed by atoms with Crippen LogP contribution < -0.4 is 10.6 Å². The first kappa shape index (κ1) is 12.4. The van der Waals surface area contributed by atoms with Gasteiger partial charge in [-0.15, -0.1) is 0 Å². The number of anilines is 2. The summed E-state index contributed by atoms with van der Waals surface area (Å²) in [6.07, 6.45) is 5.32. The molecule has 0 amide bonds. The van der Waals surface area contributed by atoms with Gasteiger partial charge in [-0.3, -0.25) is 4.90 Å². The lowest BCUT2D eigenvalue weighted by molar-refractivity contribution is 0.247. The smallest absolute Gasteiger partial charge is 0.136 e. The summed E-state index contributed by atoms with van der Waals surface area (Å²) in [6.45, 7) is 5.73. The van der Waals surface area contributed by atoms with E-state index in [9.17, 15) is 0 Å². The molecule has 1 aliphatic heterocycles. The van der Waals surface area contributed by atoms with Gasteiger partial charge < -0.3 is 10.6 Å². The zero-order valence-electron chi connectivity index (χ0n) is 12.0. The Morgan fingerprint density at radius 1 is 1.05 bits per heavy atom. The van der Waals surface area contributed by atoms with E-state index in [-0.39, 0.29) is 0 Å². The van der Waals surface area contributed by atoms with Crippen molar-refractivity contribution >= 4 is 11.6 Å². The number of nitrogens with two attached hydrogens (primary N) is 1. The lowest BCUT2D eigenvalue weighted by Crippen LogP contribution is -2.47. The van der Waals surface area contributed by atoms with Crippen molar-refractivity contribution < 1.29 is 0 Å². The van der Waals surface area contributed by atoms with Gasteiger partial charge in [0.05, 0.1) is 0 Å². The van der Waals surface area contributed by atoms with Gasteiger partial charge in [-0.2, -0.15) is 0 Å². The molecule has 5 nitrogen and oxygen atoms in total. The van der Waals surface area contributed by atoms with Crippen LogP contribution in [0.5, 0.6) is 0 Å². The summed E-state index contributed by atoms with van der Waals surface area (Å²) < 4.78 is 0. The van der Waals surface area contributed by atoms with Crippen LogP contribution >= 0.6 is 0 Å². The highest BCUT2D eigenvalue weighted by molar-refractivity contribution is 5.48. The number of rotatable bonds is 4. The number of nitrogen functional groups attached to an aromatic ring is 1. The van der Waals surface area contributed by atoms with Crippen LogP contribution in [-0.2, 0) is 0 Å². The van der Waals surface area contributed by atoms with E-state index >= 15 is 0 Å². The zero-order chi connectivity index (χ0) is 13.5. The van der Waals surface area contributed by atoms with E-state index in [2.05, 4.69) is 14.8 Å². The summed E-state index contributed by atoms with van der Waals surface area (Å²) in [5, 5.41) is 0. The van der Waals surface area contributed by atoms with Gasteiger partial charge in [0, 0.05) is 44.7 Å². The SMILES string of the molecule is Nc1cc(N2CCN(CC3CC3)CC2)nc(C2CC2)n1. The predicted molar refractivity (Wildman–Crippen MR) is 79.8 cm³/mol. The van der Waals surface area contributed by atoms with Gasteiger partial charge in [0.1, 0.15) is 17.5 Å². The fraction of sp³-hybridized carbons (Fsp3) is 0.733. The van der Waals surface area contributed by atoms with Crippen molar-refractivity contribution in [1.29, 1.82) is 0 Å². The van der Waals surface area contributed by atoms with E-state index in [1.54, 1.807) is 0 Å². The Morgan fingerprint density at radius 2 is 1.80 bits per heavy atom. The second-order valence-electron chi connectivity index (χ2n) is 6.51. The van der Waals surface area contributed by atoms with E-state index in [1.807, 2.05) is 6.07 Å². The van der Waals surface area contributed by atoms with Crippen molar-refractivity contribution in [3.63, 3.8) is 0 Å². The number of aromatic nitrogens is 2. The molecule has 5 heteroatoms. The first-order valence-corrected chi connectivity index (χ1v) is 7.90. The minimum Gasteiger partial charge on any atom is -0.384 e. The maximum atomic E-state index is 5.94. The molecule has 1 aromatic heterocycles. The van der Waals surface area contributed by atoms with Crippen molar-refractivity contribution in [1.82, 2.24) is 14.9 Å². The second kappa shape index (κ2) is 4.88. The molecule has 0 radical (unpaired) electrons. The molecule has 2 aliphatic carbocycles. The van der Waals surface area contributed by atoms with Gasteiger partial charge in [0.15, 0.2) is 0 Å². The standard InChI is InChI=1S/C15H23N5/c16-13-9-14(18-15(17-13)12-3-4-12)20-7-5-19(6-8-20)10-11-1-2-11/h9,11-12H,1-8,10H2,(H2,16,17,18). The summed E-state index contributed by atoms with van der Waals surface area (Å²) in [7, 11) is 0. The maximum Gasteiger partial charge on any atom is 0.136 e. The minimum absolute atomic E-state index is 0.563. The van der Waals surface area contributed by atoms with Crippen LogP contribution in [0.1, 0.15) is 37.4 Å². The molecule has 2 saturated carbocycles. The third kappa shape index (κ3) is 2.73. The number of nitrogens with zero attached hydrogens (tertiary/aromatic N) is 4. The molecule has 0 unspecified atom stereocenters. The van der Waals surface area contributed by atoms with Crippen LogP contribution in [0.25, 0.3) is 0 Å². The Morgan fingerprint density at radius 3 is 2.45 bits per heavy atom. The first-order chi connectivity index (χ1) is 9.78. The topological polar surface area (TPSA) is 58.3 Å². The minimum atomic E-state index is 0.563.